The van der Waals surface area contributed by atoms with Crippen LogP contribution in [0, 0.1) is 6.92 Å². The normalized spacial score (nSPS) is 10.2. The molecule has 1 aromatic heterocycles. The first-order valence-electron chi connectivity index (χ1n) is 4.91. The molecule has 0 saturated heterocycles. The van der Waals surface area contributed by atoms with E-state index in [-0.39, 0.29) is 5.56 Å². The van der Waals surface area contributed by atoms with E-state index in [1.54, 1.807) is 17.5 Å². The number of ether oxygens (including phenoxy) is 1. The number of thiophene rings is 1. The quantitative estimate of drug-likeness (QED) is 0.820. The number of aryl methyl sites for hydroxylation is 1. The van der Waals surface area contributed by atoms with E-state index in [1.165, 1.54) is 16.7 Å². The number of carboxylic acid groups (broad SMARTS) is 1. The maximum atomic E-state index is 10.9. The van der Waals surface area contributed by atoms with Crippen LogP contribution in [0.3, 0.4) is 0 Å². The molecular weight excluding hydrogens is 238 g/mol. The highest BCUT2D eigenvalue weighted by atomic mass is 32.1. The number of hydrogen-bond acceptors (Lipinski definition) is 4. The van der Waals surface area contributed by atoms with Crippen molar-refractivity contribution in [1.82, 2.24) is 0 Å². The molecule has 0 aliphatic heterocycles. The molecule has 0 bridgehead atoms. The molecule has 0 unspecified atom stereocenters. The lowest BCUT2D eigenvalue weighted by molar-refractivity contribution is 0.0695. The Labute approximate surface area is 102 Å². The Hall–Kier alpha value is -2.01. The molecule has 0 radical (unpaired) electrons. The van der Waals surface area contributed by atoms with Gasteiger partial charge in [-0.2, -0.15) is 0 Å². The zero-order valence-corrected chi connectivity index (χ0v) is 9.95. The molecule has 88 valence electrons. The fourth-order valence-electron chi connectivity index (χ4n) is 1.40. The molecule has 0 spiro atoms. The number of hydrogen-bond donors (Lipinski definition) is 2. The molecule has 3 N–H and O–H groups in total. The molecule has 0 saturated carbocycles. The Morgan fingerprint density at radius 2 is 2.12 bits per heavy atom. The summed E-state index contributed by atoms with van der Waals surface area (Å²) in [7, 11) is 0. The van der Waals surface area contributed by atoms with Gasteiger partial charge in [0.15, 0.2) is 5.75 Å². The molecule has 17 heavy (non-hydrogen) atoms. The van der Waals surface area contributed by atoms with Crippen LogP contribution < -0.4 is 10.5 Å². The molecule has 4 nitrogen and oxygen atoms in total. The summed E-state index contributed by atoms with van der Waals surface area (Å²) in [6.45, 7) is 1.92. The summed E-state index contributed by atoms with van der Waals surface area (Å²) in [4.78, 5) is 10.9. The van der Waals surface area contributed by atoms with Crippen LogP contribution in [0.2, 0.25) is 0 Å². The van der Waals surface area contributed by atoms with Gasteiger partial charge >= 0.3 is 5.97 Å². The average Bonchev–Trinajstić information content (AvgIpc) is 2.70. The van der Waals surface area contributed by atoms with Crippen LogP contribution in [0.15, 0.2) is 29.0 Å². The van der Waals surface area contributed by atoms with Gasteiger partial charge in [0, 0.05) is 10.8 Å². The molecular formula is C12H11NO3S. The van der Waals surface area contributed by atoms with Gasteiger partial charge in [-0.15, -0.1) is 11.3 Å². The van der Waals surface area contributed by atoms with Crippen LogP contribution in [0.25, 0.3) is 0 Å². The van der Waals surface area contributed by atoms with Crippen LogP contribution in [0.1, 0.15) is 15.9 Å². The summed E-state index contributed by atoms with van der Waals surface area (Å²) in [5, 5.41) is 12.1. The van der Waals surface area contributed by atoms with E-state index in [0.29, 0.717) is 17.2 Å². The number of nitrogens with two attached hydrogens (primary N) is 1. The maximum absolute atomic E-state index is 10.9. The van der Waals surface area contributed by atoms with Crippen molar-refractivity contribution >= 4 is 23.0 Å². The first-order chi connectivity index (χ1) is 8.08. The summed E-state index contributed by atoms with van der Waals surface area (Å²) in [6, 6.07) is 5.37. The van der Waals surface area contributed by atoms with Crippen LogP contribution in [0.5, 0.6) is 11.5 Å². The van der Waals surface area contributed by atoms with E-state index in [1.807, 2.05) is 13.0 Å². The lowest BCUT2D eigenvalue weighted by Gasteiger charge is -2.08. The van der Waals surface area contributed by atoms with E-state index in [9.17, 15) is 4.79 Å². The van der Waals surface area contributed by atoms with Crippen molar-refractivity contribution in [1.29, 1.82) is 0 Å². The molecule has 5 heteroatoms. The summed E-state index contributed by atoms with van der Waals surface area (Å²) in [6.07, 6.45) is 0. The van der Waals surface area contributed by atoms with Gasteiger partial charge in [-0.1, -0.05) is 6.07 Å². The molecule has 0 aliphatic rings. The molecule has 1 aromatic carbocycles. The molecule has 0 fully saturated rings. The van der Waals surface area contributed by atoms with Crippen molar-refractivity contribution in [2.45, 2.75) is 6.92 Å². The summed E-state index contributed by atoms with van der Waals surface area (Å²) in [5.41, 5.74) is 7.46. The van der Waals surface area contributed by atoms with Crippen LogP contribution >= 0.6 is 11.3 Å². The summed E-state index contributed by atoms with van der Waals surface area (Å²) < 4.78 is 5.50. The standard InChI is InChI=1S/C12H11NO3S/c1-7-2-3-10(9(13)4-7)16-11-6-17-5-8(11)12(14)15/h2-6H,13H2,1H3,(H,14,15). The van der Waals surface area contributed by atoms with Crippen molar-refractivity contribution in [3.8, 4) is 11.5 Å². The molecule has 2 aromatic rings. The Morgan fingerprint density at radius 3 is 2.76 bits per heavy atom. The fourth-order valence-corrected chi connectivity index (χ4v) is 2.12. The summed E-state index contributed by atoms with van der Waals surface area (Å²) in [5.74, 6) is -0.221. The second-order valence-electron chi connectivity index (χ2n) is 3.60. The highest BCUT2D eigenvalue weighted by molar-refractivity contribution is 7.08. The highest BCUT2D eigenvalue weighted by Gasteiger charge is 2.14. The molecule has 2 rings (SSSR count). The minimum absolute atomic E-state index is 0.148. The topological polar surface area (TPSA) is 72.5 Å². The highest BCUT2D eigenvalue weighted by Crippen LogP contribution is 2.32. The average molecular weight is 249 g/mol. The van der Waals surface area contributed by atoms with E-state index < -0.39 is 5.97 Å². The third-order valence-electron chi connectivity index (χ3n) is 2.24. The Balaban J connectivity index is 2.31. The van der Waals surface area contributed by atoms with Gasteiger partial charge in [-0.3, -0.25) is 0 Å². The minimum Gasteiger partial charge on any atom is -0.478 e. The van der Waals surface area contributed by atoms with E-state index in [4.69, 9.17) is 15.6 Å². The van der Waals surface area contributed by atoms with E-state index in [2.05, 4.69) is 0 Å². The van der Waals surface area contributed by atoms with Crippen molar-refractivity contribution < 1.29 is 14.6 Å². The Kier molecular flexibility index (Phi) is 3.01. The van der Waals surface area contributed by atoms with Crippen molar-refractivity contribution in [2.75, 3.05) is 5.73 Å². The van der Waals surface area contributed by atoms with E-state index >= 15 is 0 Å². The zero-order valence-electron chi connectivity index (χ0n) is 9.14. The molecule has 0 atom stereocenters. The second kappa shape index (κ2) is 4.47. The van der Waals surface area contributed by atoms with Crippen LogP contribution in [0.4, 0.5) is 5.69 Å². The first kappa shape index (κ1) is 11.5. The van der Waals surface area contributed by atoms with Gasteiger partial charge in [0.05, 0.1) is 5.69 Å². The number of rotatable bonds is 3. The van der Waals surface area contributed by atoms with Crippen molar-refractivity contribution in [2.24, 2.45) is 0 Å². The second-order valence-corrected chi connectivity index (χ2v) is 4.34. The number of carbonyl (C=O) groups is 1. The van der Waals surface area contributed by atoms with Gasteiger partial charge in [0.25, 0.3) is 0 Å². The van der Waals surface area contributed by atoms with Crippen LogP contribution in [-0.4, -0.2) is 11.1 Å². The SMILES string of the molecule is Cc1ccc(Oc2cscc2C(=O)O)c(N)c1. The molecule has 0 amide bonds. The number of anilines is 1. The van der Waals surface area contributed by atoms with Crippen LogP contribution in [-0.2, 0) is 0 Å². The van der Waals surface area contributed by atoms with Crippen molar-refractivity contribution in [3.05, 3.63) is 40.1 Å². The number of nitrogen functional groups attached to an aromatic ring is 1. The van der Waals surface area contributed by atoms with Gasteiger partial charge in [-0.05, 0) is 24.6 Å². The largest absolute Gasteiger partial charge is 0.478 e. The number of aromatic carboxylic acids is 1. The van der Waals surface area contributed by atoms with Crippen molar-refractivity contribution in [3.63, 3.8) is 0 Å². The maximum Gasteiger partial charge on any atom is 0.340 e. The smallest absolute Gasteiger partial charge is 0.340 e. The lowest BCUT2D eigenvalue weighted by Crippen LogP contribution is -1.98. The third kappa shape index (κ3) is 2.39. The summed E-state index contributed by atoms with van der Waals surface area (Å²) >= 11 is 1.28. The lowest BCUT2D eigenvalue weighted by atomic mass is 10.2. The van der Waals surface area contributed by atoms with Gasteiger partial charge in [0.1, 0.15) is 11.3 Å². The Bertz CT molecular complexity index is 563. The molecule has 1 heterocycles. The monoisotopic (exact) mass is 249 g/mol. The minimum atomic E-state index is -1.01. The zero-order chi connectivity index (χ0) is 12.4. The number of carboxylic acids is 1. The van der Waals surface area contributed by atoms with Gasteiger partial charge < -0.3 is 15.6 Å². The predicted molar refractivity (Wildman–Crippen MR) is 66.9 cm³/mol. The molecule has 0 aliphatic carbocycles. The Morgan fingerprint density at radius 1 is 1.35 bits per heavy atom. The van der Waals surface area contributed by atoms with Gasteiger partial charge in [-0.25, -0.2) is 4.79 Å². The van der Waals surface area contributed by atoms with Gasteiger partial charge in [0.2, 0.25) is 0 Å². The predicted octanol–water partition coefficient (Wildman–Crippen LogP) is 3.13. The fraction of sp³-hybridized carbons (Fsp3) is 0.0833. The van der Waals surface area contributed by atoms with E-state index in [0.717, 1.165) is 5.56 Å². The third-order valence-corrected chi connectivity index (χ3v) is 2.96. The number of benzene rings is 1. The first-order valence-corrected chi connectivity index (χ1v) is 5.85.